The van der Waals surface area contributed by atoms with Crippen molar-refractivity contribution in [3.8, 4) is 17.2 Å². The Morgan fingerprint density at radius 1 is 1.00 bits per heavy atom. The topological polar surface area (TPSA) is 74.1 Å². The maximum atomic E-state index is 6.22. The lowest BCUT2D eigenvalue weighted by atomic mass is 10.2. The van der Waals surface area contributed by atoms with Crippen molar-refractivity contribution in [1.82, 2.24) is 25.5 Å². The molecule has 0 aliphatic rings. The van der Waals surface area contributed by atoms with Crippen molar-refractivity contribution < 1.29 is 9.47 Å². The maximum absolute atomic E-state index is 6.22. The maximum Gasteiger partial charge on any atom is 0.214 e. The molecule has 4 rings (SSSR count). The van der Waals surface area contributed by atoms with Crippen LogP contribution in [0.5, 0.6) is 11.5 Å². The monoisotopic (exact) mass is 531 g/mol. The fourth-order valence-corrected chi connectivity index (χ4v) is 4.33. The van der Waals surface area contributed by atoms with E-state index in [1.165, 1.54) is 0 Å². The predicted octanol–water partition coefficient (Wildman–Crippen LogP) is 5.60. The molecular weight excluding hydrogens is 505 g/mol. The number of methoxy groups -OCH3 is 1. The number of nitrogens with zero attached hydrogens (tertiary/aromatic N) is 4. The molecule has 0 atom stereocenters. The van der Waals surface area contributed by atoms with Crippen molar-refractivity contribution in [3.63, 3.8) is 0 Å². The van der Waals surface area contributed by atoms with Crippen molar-refractivity contribution in [3.05, 3.63) is 88.9 Å². The van der Waals surface area contributed by atoms with E-state index < -0.39 is 0 Å². The Morgan fingerprint density at radius 3 is 2.60 bits per heavy atom. The van der Waals surface area contributed by atoms with Gasteiger partial charge < -0.3 is 14.8 Å². The van der Waals surface area contributed by atoms with E-state index >= 15 is 0 Å². The highest BCUT2D eigenvalue weighted by atomic mass is 35.5. The molecule has 7 nitrogen and oxygen atoms in total. The molecule has 0 unspecified atom stereocenters. The van der Waals surface area contributed by atoms with E-state index in [2.05, 4.69) is 20.8 Å². The first-order chi connectivity index (χ1) is 16.7. The van der Waals surface area contributed by atoms with Crippen LogP contribution in [-0.4, -0.2) is 39.6 Å². The second kappa shape index (κ2) is 13.9. The number of nitrogens with one attached hydrogen (secondary N) is 1. The van der Waals surface area contributed by atoms with Gasteiger partial charge in [0.15, 0.2) is 11.5 Å². The van der Waals surface area contributed by atoms with Gasteiger partial charge in [0.05, 0.1) is 12.8 Å². The van der Waals surface area contributed by atoms with Gasteiger partial charge in [0, 0.05) is 22.9 Å². The molecule has 35 heavy (non-hydrogen) atoms. The van der Waals surface area contributed by atoms with Crippen molar-refractivity contribution in [2.45, 2.75) is 24.7 Å². The lowest BCUT2D eigenvalue weighted by Crippen LogP contribution is -2.15. The number of tetrazole rings is 1. The number of hydrogen-bond acceptors (Lipinski definition) is 7. The second-order valence-electron chi connectivity index (χ2n) is 7.45. The molecule has 1 N–H and O–H groups in total. The van der Waals surface area contributed by atoms with Crippen LogP contribution in [0.2, 0.25) is 5.02 Å². The lowest BCUT2D eigenvalue weighted by molar-refractivity contribution is 0.284. The Kier molecular flexibility index (Phi) is 10.7. The quantitative estimate of drug-likeness (QED) is 0.188. The first-order valence-corrected chi connectivity index (χ1v) is 12.3. The number of thioether (sulfide) groups is 1. The lowest BCUT2D eigenvalue weighted by Gasteiger charge is -2.13. The van der Waals surface area contributed by atoms with Crippen LogP contribution in [0.25, 0.3) is 5.69 Å². The minimum Gasteiger partial charge on any atom is -0.493 e. The highest BCUT2D eigenvalue weighted by Gasteiger charge is 2.09. The van der Waals surface area contributed by atoms with Crippen molar-refractivity contribution in [1.29, 1.82) is 0 Å². The van der Waals surface area contributed by atoms with Gasteiger partial charge in [0.2, 0.25) is 5.16 Å². The van der Waals surface area contributed by atoms with Gasteiger partial charge >= 0.3 is 0 Å². The van der Waals surface area contributed by atoms with Gasteiger partial charge in [-0.2, -0.15) is 4.68 Å². The third-order valence-electron chi connectivity index (χ3n) is 5.07. The number of benzene rings is 3. The molecule has 0 saturated heterocycles. The number of rotatable bonds is 12. The third-order valence-corrected chi connectivity index (χ3v) is 6.44. The summed E-state index contributed by atoms with van der Waals surface area (Å²) >= 11 is 7.86. The van der Waals surface area contributed by atoms with Gasteiger partial charge in [-0.05, 0) is 59.3 Å². The molecule has 0 bridgehead atoms. The number of para-hydroxylation sites is 1. The minimum absolute atomic E-state index is 0. The van der Waals surface area contributed by atoms with Crippen LogP contribution in [0.4, 0.5) is 0 Å². The van der Waals surface area contributed by atoms with Crippen LogP contribution in [0.1, 0.15) is 17.5 Å². The molecule has 0 amide bonds. The van der Waals surface area contributed by atoms with Crippen LogP contribution in [0, 0.1) is 0 Å². The summed E-state index contributed by atoms with van der Waals surface area (Å²) in [6.45, 7) is 2.01. The van der Waals surface area contributed by atoms with Gasteiger partial charge in [-0.15, -0.1) is 17.5 Å². The number of aromatic nitrogens is 4. The van der Waals surface area contributed by atoms with Gasteiger partial charge in [-0.25, -0.2) is 0 Å². The van der Waals surface area contributed by atoms with Crippen molar-refractivity contribution in [2.24, 2.45) is 0 Å². The Morgan fingerprint density at radius 2 is 1.80 bits per heavy atom. The van der Waals surface area contributed by atoms with Gasteiger partial charge in [0.25, 0.3) is 0 Å². The molecular formula is C25H27Cl2N5O2S. The number of halogens is 2. The first kappa shape index (κ1) is 26.8. The Labute approximate surface area is 220 Å². The summed E-state index contributed by atoms with van der Waals surface area (Å²) in [7, 11) is 1.65. The summed E-state index contributed by atoms with van der Waals surface area (Å²) in [6.07, 6.45) is 0.989. The van der Waals surface area contributed by atoms with Gasteiger partial charge in [0.1, 0.15) is 6.61 Å². The van der Waals surface area contributed by atoms with Crippen molar-refractivity contribution >= 4 is 35.8 Å². The van der Waals surface area contributed by atoms with E-state index in [0.717, 1.165) is 47.2 Å². The van der Waals surface area contributed by atoms with E-state index in [1.807, 2.05) is 72.8 Å². The van der Waals surface area contributed by atoms with E-state index in [4.69, 9.17) is 21.1 Å². The fraction of sp³-hybridized carbons (Fsp3) is 0.240. The average molecular weight is 532 g/mol. The van der Waals surface area contributed by atoms with Crippen molar-refractivity contribution in [2.75, 3.05) is 19.4 Å². The molecule has 0 aliphatic carbocycles. The highest BCUT2D eigenvalue weighted by Crippen LogP contribution is 2.29. The molecule has 0 spiro atoms. The summed E-state index contributed by atoms with van der Waals surface area (Å²) in [5.74, 6) is 2.31. The molecule has 0 saturated carbocycles. The SMILES string of the molecule is COc1cc(CNCCCSc2nnnn2-c2ccccc2)ccc1OCc1ccccc1Cl.Cl. The first-order valence-electron chi connectivity index (χ1n) is 10.9. The van der Waals surface area contributed by atoms with Crippen LogP contribution in [-0.2, 0) is 13.2 Å². The van der Waals surface area contributed by atoms with Gasteiger partial charge in [-0.1, -0.05) is 65.8 Å². The second-order valence-corrected chi connectivity index (χ2v) is 8.92. The molecule has 1 aromatic heterocycles. The zero-order valence-electron chi connectivity index (χ0n) is 19.3. The third kappa shape index (κ3) is 7.60. The predicted molar refractivity (Wildman–Crippen MR) is 142 cm³/mol. The Balaban J connectivity index is 0.00000342. The minimum atomic E-state index is 0. The fourth-order valence-electron chi connectivity index (χ4n) is 3.31. The van der Waals surface area contributed by atoms with Crippen LogP contribution in [0.3, 0.4) is 0 Å². The van der Waals surface area contributed by atoms with Crippen LogP contribution >= 0.6 is 35.8 Å². The molecule has 3 aromatic carbocycles. The molecule has 10 heteroatoms. The standard InChI is InChI=1S/C25H26ClN5O2S.ClH/c1-32-24-16-19(12-13-23(24)33-18-20-8-5-6-11-22(20)26)17-27-14-7-15-34-25-28-29-30-31(25)21-9-3-2-4-10-21;/h2-6,8-13,16,27H,7,14-15,17-18H2,1H3;1H. The largest absolute Gasteiger partial charge is 0.493 e. The summed E-state index contributed by atoms with van der Waals surface area (Å²) in [6, 6.07) is 23.5. The zero-order valence-corrected chi connectivity index (χ0v) is 21.7. The summed E-state index contributed by atoms with van der Waals surface area (Å²) in [5.41, 5.74) is 3.02. The smallest absolute Gasteiger partial charge is 0.214 e. The zero-order chi connectivity index (χ0) is 23.6. The molecule has 0 fully saturated rings. The Hall–Kier alpha value is -2.78. The molecule has 0 aliphatic heterocycles. The molecule has 0 radical (unpaired) electrons. The Bertz CT molecular complexity index is 1190. The molecule has 184 valence electrons. The number of ether oxygens (including phenoxy) is 2. The number of hydrogen-bond donors (Lipinski definition) is 1. The van der Waals surface area contributed by atoms with Crippen LogP contribution < -0.4 is 14.8 Å². The summed E-state index contributed by atoms with van der Waals surface area (Å²) in [4.78, 5) is 0. The van der Waals surface area contributed by atoms with E-state index in [9.17, 15) is 0 Å². The normalized spacial score (nSPS) is 10.6. The molecule has 1 heterocycles. The summed E-state index contributed by atoms with van der Waals surface area (Å²) in [5, 5.41) is 17.0. The van der Waals surface area contributed by atoms with E-state index in [-0.39, 0.29) is 12.4 Å². The van der Waals surface area contributed by atoms with Gasteiger partial charge in [-0.3, -0.25) is 0 Å². The average Bonchev–Trinajstić information content (AvgIpc) is 3.35. The van der Waals surface area contributed by atoms with E-state index in [0.29, 0.717) is 23.1 Å². The highest BCUT2D eigenvalue weighted by molar-refractivity contribution is 7.99. The summed E-state index contributed by atoms with van der Waals surface area (Å²) < 4.78 is 13.2. The van der Waals surface area contributed by atoms with Crippen LogP contribution in [0.15, 0.2) is 78.0 Å². The van der Waals surface area contributed by atoms with E-state index in [1.54, 1.807) is 23.6 Å². The molecule has 4 aromatic rings.